The SMILES string of the molecule is C=C/C(=C\C(=C/C)C(=C)/C=c1/c(-c2cc3c(-c4cccc(F)c4)cncc3[nH]2)n[nH]/c1=C/C)NC(=C)C1CCC1. The van der Waals surface area contributed by atoms with Crippen LogP contribution < -0.4 is 15.9 Å². The molecule has 1 aliphatic rings. The Morgan fingerprint density at radius 3 is 2.65 bits per heavy atom. The van der Waals surface area contributed by atoms with Crippen molar-refractivity contribution in [2.75, 3.05) is 0 Å². The fourth-order valence-corrected chi connectivity index (χ4v) is 4.98. The second-order valence-electron chi connectivity index (χ2n) is 10.0. The maximum atomic E-state index is 14.0. The summed E-state index contributed by atoms with van der Waals surface area (Å²) in [6.07, 6.45) is 17.1. The average molecular weight is 532 g/mol. The van der Waals surface area contributed by atoms with E-state index in [0.29, 0.717) is 5.92 Å². The van der Waals surface area contributed by atoms with Crippen LogP contribution in [0.3, 0.4) is 0 Å². The molecule has 1 fully saturated rings. The molecular formula is C34H34FN5. The second kappa shape index (κ2) is 11.6. The first kappa shape index (κ1) is 26.9. The van der Waals surface area contributed by atoms with Crippen molar-refractivity contribution in [1.82, 2.24) is 25.5 Å². The summed E-state index contributed by atoms with van der Waals surface area (Å²) in [5.74, 6) is 0.239. The van der Waals surface area contributed by atoms with Crippen LogP contribution in [0.15, 0.2) is 103 Å². The number of pyridine rings is 1. The van der Waals surface area contributed by atoms with Gasteiger partial charge in [0.1, 0.15) is 11.5 Å². The molecule has 0 spiro atoms. The molecule has 0 atom stereocenters. The maximum absolute atomic E-state index is 14.0. The standard InChI is InChI=1S/C34H34FN5/c1-6-23(17-27(7-2)37-22(5)24-11-9-12-24)21(4)15-29-31(8-3)39-40-34(29)32-18-28-30(19-36-20-33(28)38-32)25-13-10-14-26(35)16-25/h6-8,10,13-20,24,37-39H,2,4-5,9,11-12H2,1,3H3/b23-6+,27-17+,29-15+,31-8+. The number of nitrogens with one attached hydrogen (secondary N) is 3. The number of H-pyrrole nitrogens is 2. The Morgan fingerprint density at radius 2 is 1.98 bits per heavy atom. The van der Waals surface area contributed by atoms with E-state index >= 15 is 0 Å². The highest BCUT2D eigenvalue weighted by molar-refractivity contribution is 5.97. The smallest absolute Gasteiger partial charge is 0.123 e. The van der Waals surface area contributed by atoms with Gasteiger partial charge in [-0.15, -0.1) is 0 Å². The van der Waals surface area contributed by atoms with Gasteiger partial charge >= 0.3 is 0 Å². The zero-order valence-corrected chi connectivity index (χ0v) is 23.0. The van der Waals surface area contributed by atoms with Gasteiger partial charge in [0.2, 0.25) is 0 Å². The molecule has 1 aromatic carbocycles. The van der Waals surface area contributed by atoms with E-state index in [1.165, 1.54) is 31.4 Å². The van der Waals surface area contributed by atoms with Crippen molar-refractivity contribution in [3.63, 3.8) is 0 Å². The third kappa shape index (κ3) is 5.38. The van der Waals surface area contributed by atoms with Gasteiger partial charge in [-0.25, -0.2) is 4.39 Å². The number of rotatable bonds is 9. The molecule has 4 aromatic rings. The zero-order valence-electron chi connectivity index (χ0n) is 23.0. The van der Waals surface area contributed by atoms with E-state index in [1.54, 1.807) is 18.5 Å². The van der Waals surface area contributed by atoms with Gasteiger partial charge in [0, 0.05) is 33.8 Å². The summed E-state index contributed by atoms with van der Waals surface area (Å²) in [4.78, 5) is 7.84. The number of fused-ring (bicyclic) bond motifs is 1. The Bertz CT molecular complexity index is 1790. The molecule has 6 heteroatoms. The molecule has 202 valence electrons. The largest absolute Gasteiger partial charge is 0.359 e. The fraction of sp³-hybridized carbons (Fsp3) is 0.176. The first-order valence-electron chi connectivity index (χ1n) is 13.5. The van der Waals surface area contributed by atoms with Gasteiger partial charge in [0.25, 0.3) is 0 Å². The second-order valence-corrected chi connectivity index (χ2v) is 10.0. The summed E-state index contributed by atoms with van der Waals surface area (Å²) >= 11 is 0. The molecule has 1 saturated carbocycles. The van der Waals surface area contributed by atoms with E-state index in [9.17, 15) is 4.39 Å². The van der Waals surface area contributed by atoms with E-state index in [2.05, 4.69) is 45.2 Å². The van der Waals surface area contributed by atoms with E-state index < -0.39 is 0 Å². The van der Waals surface area contributed by atoms with Gasteiger partial charge in [-0.1, -0.05) is 50.4 Å². The number of allylic oxidation sites excluding steroid dienone is 6. The number of hydrogen-bond acceptors (Lipinski definition) is 3. The Morgan fingerprint density at radius 1 is 1.15 bits per heavy atom. The fourth-order valence-electron chi connectivity index (χ4n) is 4.98. The molecule has 0 unspecified atom stereocenters. The van der Waals surface area contributed by atoms with Crippen LogP contribution in [-0.4, -0.2) is 20.2 Å². The van der Waals surface area contributed by atoms with Crippen LogP contribution in [0.1, 0.15) is 33.1 Å². The number of benzene rings is 1. The predicted octanol–water partition coefficient (Wildman–Crippen LogP) is 6.82. The van der Waals surface area contributed by atoms with Crippen LogP contribution in [0.5, 0.6) is 0 Å². The third-order valence-electron chi connectivity index (χ3n) is 7.49. The Kier molecular flexibility index (Phi) is 7.78. The number of aromatic amines is 2. The molecule has 0 bridgehead atoms. The molecular weight excluding hydrogens is 497 g/mol. The molecule has 40 heavy (non-hydrogen) atoms. The summed E-state index contributed by atoms with van der Waals surface area (Å²) in [5.41, 5.74) is 7.77. The minimum Gasteiger partial charge on any atom is -0.359 e. The highest BCUT2D eigenvalue weighted by atomic mass is 19.1. The number of nitrogens with zero attached hydrogens (tertiary/aromatic N) is 2. The van der Waals surface area contributed by atoms with Crippen LogP contribution in [0, 0.1) is 11.7 Å². The van der Waals surface area contributed by atoms with Gasteiger partial charge < -0.3 is 10.3 Å². The minimum atomic E-state index is -0.285. The number of hydrogen-bond donors (Lipinski definition) is 3. The van der Waals surface area contributed by atoms with E-state index in [-0.39, 0.29) is 5.82 Å². The average Bonchev–Trinajstić information content (AvgIpc) is 3.53. The van der Waals surface area contributed by atoms with Gasteiger partial charge in [-0.05, 0) is 85.7 Å². The Balaban J connectivity index is 1.53. The van der Waals surface area contributed by atoms with Crippen molar-refractivity contribution in [3.05, 3.63) is 120 Å². The first-order chi connectivity index (χ1) is 19.4. The number of aromatic nitrogens is 4. The molecule has 5 nitrogen and oxygen atoms in total. The van der Waals surface area contributed by atoms with Crippen LogP contribution >= 0.6 is 0 Å². The lowest BCUT2D eigenvalue weighted by atomic mass is 9.83. The Labute approximate surface area is 234 Å². The van der Waals surface area contributed by atoms with Gasteiger partial charge in [0.05, 0.1) is 22.8 Å². The van der Waals surface area contributed by atoms with Crippen LogP contribution in [0.25, 0.3) is 45.6 Å². The van der Waals surface area contributed by atoms with E-state index in [1.807, 2.05) is 56.4 Å². The van der Waals surface area contributed by atoms with Crippen molar-refractivity contribution in [1.29, 1.82) is 0 Å². The van der Waals surface area contributed by atoms with Crippen molar-refractivity contribution in [2.24, 2.45) is 5.92 Å². The van der Waals surface area contributed by atoms with Crippen LogP contribution in [0.2, 0.25) is 0 Å². The van der Waals surface area contributed by atoms with Crippen molar-refractivity contribution in [2.45, 2.75) is 33.1 Å². The zero-order chi connectivity index (χ0) is 28.2. The molecule has 0 saturated heterocycles. The van der Waals surface area contributed by atoms with Crippen LogP contribution in [0.4, 0.5) is 4.39 Å². The minimum absolute atomic E-state index is 0.285. The van der Waals surface area contributed by atoms with Gasteiger partial charge in [-0.3, -0.25) is 10.1 Å². The highest BCUT2D eigenvalue weighted by Gasteiger charge is 2.20. The van der Waals surface area contributed by atoms with E-state index in [0.717, 1.165) is 66.5 Å². The maximum Gasteiger partial charge on any atom is 0.123 e. The quantitative estimate of drug-likeness (QED) is 0.208. The monoisotopic (exact) mass is 531 g/mol. The number of halogens is 1. The first-order valence-corrected chi connectivity index (χ1v) is 13.5. The summed E-state index contributed by atoms with van der Waals surface area (Å²) < 4.78 is 14.0. The summed E-state index contributed by atoms with van der Waals surface area (Å²) in [5, 5.41) is 14.0. The topological polar surface area (TPSA) is 69.4 Å². The lowest BCUT2D eigenvalue weighted by Crippen LogP contribution is -2.24. The molecule has 3 aromatic heterocycles. The van der Waals surface area contributed by atoms with Crippen LogP contribution in [-0.2, 0) is 0 Å². The summed E-state index contributed by atoms with van der Waals surface area (Å²) in [7, 11) is 0. The Hall–Kier alpha value is -4.71. The van der Waals surface area contributed by atoms with Gasteiger partial charge in [-0.2, -0.15) is 5.10 Å². The highest BCUT2D eigenvalue weighted by Crippen LogP contribution is 2.32. The summed E-state index contributed by atoms with van der Waals surface area (Å²) in [6.45, 7) is 16.6. The van der Waals surface area contributed by atoms with Crippen molar-refractivity contribution < 1.29 is 4.39 Å². The predicted molar refractivity (Wildman–Crippen MR) is 164 cm³/mol. The van der Waals surface area contributed by atoms with Crippen molar-refractivity contribution >= 4 is 23.1 Å². The molecule has 3 N–H and O–H groups in total. The lowest BCUT2D eigenvalue weighted by Gasteiger charge is -2.28. The van der Waals surface area contributed by atoms with E-state index in [4.69, 9.17) is 0 Å². The van der Waals surface area contributed by atoms with Gasteiger partial charge in [0.15, 0.2) is 0 Å². The molecule has 0 aliphatic heterocycles. The summed E-state index contributed by atoms with van der Waals surface area (Å²) in [6, 6.07) is 8.58. The lowest BCUT2D eigenvalue weighted by molar-refractivity contribution is 0.356. The normalized spacial score (nSPS) is 15.4. The van der Waals surface area contributed by atoms with Crippen molar-refractivity contribution in [3.8, 4) is 22.5 Å². The molecule has 0 radical (unpaired) electrons. The molecule has 3 heterocycles. The molecule has 5 rings (SSSR count). The molecule has 1 aliphatic carbocycles. The third-order valence-corrected chi connectivity index (χ3v) is 7.49. The molecule has 0 amide bonds.